The van der Waals surface area contributed by atoms with E-state index in [4.69, 9.17) is 4.42 Å². The molecule has 0 bridgehead atoms. The first-order valence-corrected chi connectivity index (χ1v) is 7.36. The van der Waals surface area contributed by atoms with Crippen LogP contribution >= 0.6 is 0 Å². The van der Waals surface area contributed by atoms with Gasteiger partial charge in [0.2, 0.25) is 0 Å². The van der Waals surface area contributed by atoms with Gasteiger partial charge in [0.25, 0.3) is 0 Å². The number of rotatable bonds is 4. The van der Waals surface area contributed by atoms with Crippen LogP contribution in [0.5, 0.6) is 0 Å². The first kappa shape index (κ1) is 12.9. The lowest BCUT2D eigenvalue weighted by Gasteiger charge is -2.10. The molecule has 2 aromatic rings. The summed E-state index contributed by atoms with van der Waals surface area (Å²) in [5, 5.41) is 10.0. The van der Waals surface area contributed by atoms with Crippen molar-refractivity contribution in [3.05, 3.63) is 54.0 Å². The van der Waals surface area contributed by atoms with Gasteiger partial charge in [-0.15, -0.1) is 0 Å². The molecule has 0 fully saturated rings. The zero-order chi connectivity index (χ0) is 13.2. The second-order valence-corrected chi connectivity index (χ2v) is 6.16. The molecule has 0 radical (unpaired) electrons. The third kappa shape index (κ3) is 3.00. The predicted molar refractivity (Wildman–Crippen MR) is 66.9 cm³/mol. The van der Waals surface area contributed by atoms with E-state index in [2.05, 4.69) is 0 Å². The fourth-order valence-electron chi connectivity index (χ4n) is 1.69. The highest BCUT2D eigenvalue weighted by Gasteiger charge is 2.13. The molecule has 2 rings (SSSR count). The van der Waals surface area contributed by atoms with E-state index in [0.29, 0.717) is 17.7 Å². The van der Waals surface area contributed by atoms with E-state index in [1.807, 2.05) is 0 Å². The normalized spacial score (nSPS) is 13.4. The van der Waals surface area contributed by atoms with Crippen LogP contribution in [0.1, 0.15) is 17.4 Å². The summed E-state index contributed by atoms with van der Waals surface area (Å²) in [5.41, 5.74) is 0.564. The molecule has 0 amide bonds. The van der Waals surface area contributed by atoms with Crippen LogP contribution in [0.3, 0.4) is 0 Å². The minimum absolute atomic E-state index is 0.207. The first-order valence-electron chi connectivity index (χ1n) is 5.47. The molecule has 0 saturated carbocycles. The van der Waals surface area contributed by atoms with Crippen LogP contribution in [0.25, 0.3) is 0 Å². The Labute approximate surface area is 106 Å². The molecule has 0 aliphatic rings. The van der Waals surface area contributed by atoms with Gasteiger partial charge >= 0.3 is 0 Å². The Morgan fingerprint density at radius 3 is 2.67 bits per heavy atom. The van der Waals surface area contributed by atoms with Crippen LogP contribution < -0.4 is 0 Å². The van der Waals surface area contributed by atoms with Gasteiger partial charge in [0.15, 0.2) is 9.84 Å². The van der Waals surface area contributed by atoms with Crippen molar-refractivity contribution in [1.82, 2.24) is 0 Å². The van der Waals surface area contributed by atoms with Crippen molar-refractivity contribution >= 4 is 9.84 Å². The van der Waals surface area contributed by atoms with Gasteiger partial charge in [0, 0.05) is 12.7 Å². The minimum Gasteiger partial charge on any atom is -0.469 e. The third-order valence-corrected chi connectivity index (χ3v) is 3.76. The second kappa shape index (κ2) is 4.96. The zero-order valence-electron chi connectivity index (χ0n) is 9.91. The third-order valence-electron chi connectivity index (χ3n) is 2.65. The van der Waals surface area contributed by atoms with Crippen molar-refractivity contribution in [2.24, 2.45) is 0 Å². The Morgan fingerprint density at radius 2 is 2.06 bits per heavy atom. The van der Waals surface area contributed by atoms with Gasteiger partial charge in [0.1, 0.15) is 5.76 Å². The molecule has 1 unspecified atom stereocenters. The van der Waals surface area contributed by atoms with Crippen LogP contribution in [0.2, 0.25) is 0 Å². The van der Waals surface area contributed by atoms with E-state index in [1.54, 1.807) is 24.3 Å². The Balaban J connectivity index is 2.23. The van der Waals surface area contributed by atoms with Gasteiger partial charge in [-0.3, -0.25) is 0 Å². The van der Waals surface area contributed by atoms with Gasteiger partial charge in [-0.25, -0.2) is 8.42 Å². The topological polar surface area (TPSA) is 67.5 Å². The monoisotopic (exact) mass is 266 g/mol. The SMILES string of the molecule is CS(=O)(=O)c1cccc(C(O)Cc2ccco2)c1. The fourth-order valence-corrected chi connectivity index (χ4v) is 2.37. The second-order valence-electron chi connectivity index (χ2n) is 4.14. The van der Waals surface area contributed by atoms with Gasteiger partial charge in [0.05, 0.1) is 17.3 Å². The number of aliphatic hydroxyl groups excluding tert-OH is 1. The number of furan rings is 1. The lowest BCUT2D eigenvalue weighted by Crippen LogP contribution is -2.03. The fraction of sp³-hybridized carbons (Fsp3) is 0.231. The largest absolute Gasteiger partial charge is 0.469 e. The molecule has 96 valence electrons. The number of hydrogen-bond acceptors (Lipinski definition) is 4. The van der Waals surface area contributed by atoms with Crippen LogP contribution in [0.4, 0.5) is 0 Å². The Kier molecular flexibility index (Phi) is 3.54. The maximum Gasteiger partial charge on any atom is 0.175 e. The number of hydrogen-bond donors (Lipinski definition) is 1. The lowest BCUT2D eigenvalue weighted by molar-refractivity contribution is 0.170. The summed E-state index contributed by atoms with van der Waals surface area (Å²) in [6.07, 6.45) is 2.22. The van der Waals surface area contributed by atoms with Crippen LogP contribution in [-0.2, 0) is 16.3 Å². The molecule has 0 saturated heterocycles. The van der Waals surface area contributed by atoms with E-state index in [9.17, 15) is 13.5 Å². The van der Waals surface area contributed by atoms with Crippen LogP contribution in [-0.4, -0.2) is 19.8 Å². The van der Waals surface area contributed by atoms with Crippen LogP contribution in [0.15, 0.2) is 52.0 Å². The number of aliphatic hydroxyl groups is 1. The zero-order valence-corrected chi connectivity index (χ0v) is 10.7. The lowest BCUT2D eigenvalue weighted by atomic mass is 10.1. The highest BCUT2D eigenvalue weighted by molar-refractivity contribution is 7.90. The summed E-state index contributed by atoms with van der Waals surface area (Å²) >= 11 is 0. The Hall–Kier alpha value is -1.59. The molecule has 1 N–H and O–H groups in total. The van der Waals surface area contributed by atoms with Crippen molar-refractivity contribution < 1.29 is 17.9 Å². The molecule has 5 heteroatoms. The number of sulfone groups is 1. The predicted octanol–water partition coefficient (Wildman–Crippen LogP) is 1.96. The molecule has 0 spiro atoms. The molecular formula is C13H14O4S. The standard InChI is InChI=1S/C13H14O4S/c1-18(15,16)12-6-2-4-10(8-12)13(14)9-11-5-3-7-17-11/h2-8,13-14H,9H2,1H3. The smallest absolute Gasteiger partial charge is 0.175 e. The van der Waals surface area contributed by atoms with Crippen LogP contribution in [0, 0.1) is 0 Å². The molecule has 1 heterocycles. The van der Waals surface area contributed by atoms with E-state index in [1.165, 1.54) is 18.4 Å². The van der Waals surface area contributed by atoms with E-state index >= 15 is 0 Å². The minimum atomic E-state index is -3.26. The van der Waals surface area contributed by atoms with Crippen molar-refractivity contribution in [3.8, 4) is 0 Å². The Morgan fingerprint density at radius 1 is 1.28 bits per heavy atom. The van der Waals surface area contributed by atoms with Gasteiger partial charge in [-0.05, 0) is 29.8 Å². The first-order chi connectivity index (χ1) is 8.47. The molecule has 1 atom stereocenters. The highest BCUT2D eigenvalue weighted by atomic mass is 32.2. The van der Waals surface area contributed by atoms with Crippen molar-refractivity contribution in [2.45, 2.75) is 17.4 Å². The van der Waals surface area contributed by atoms with Crippen molar-refractivity contribution in [1.29, 1.82) is 0 Å². The average Bonchev–Trinajstić information content (AvgIpc) is 2.81. The Bertz CT molecular complexity index is 614. The highest BCUT2D eigenvalue weighted by Crippen LogP contribution is 2.21. The average molecular weight is 266 g/mol. The summed E-state index contributed by atoms with van der Waals surface area (Å²) in [4.78, 5) is 0.207. The molecule has 4 nitrogen and oxygen atoms in total. The molecule has 1 aromatic carbocycles. The molecule has 0 aliphatic heterocycles. The van der Waals surface area contributed by atoms with Crippen molar-refractivity contribution in [3.63, 3.8) is 0 Å². The van der Waals surface area contributed by atoms with Gasteiger partial charge in [-0.1, -0.05) is 12.1 Å². The molecule has 1 aromatic heterocycles. The van der Waals surface area contributed by atoms with E-state index in [0.717, 1.165) is 6.26 Å². The maximum absolute atomic E-state index is 11.4. The molecular weight excluding hydrogens is 252 g/mol. The maximum atomic E-state index is 11.4. The summed E-state index contributed by atoms with van der Waals surface area (Å²) in [5.74, 6) is 0.659. The van der Waals surface area contributed by atoms with Gasteiger partial charge < -0.3 is 9.52 Å². The number of benzene rings is 1. The van der Waals surface area contributed by atoms with Gasteiger partial charge in [-0.2, -0.15) is 0 Å². The molecule has 18 heavy (non-hydrogen) atoms. The molecule has 0 aliphatic carbocycles. The van der Waals surface area contributed by atoms with Crippen molar-refractivity contribution in [2.75, 3.05) is 6.26 Å². The van der Waals surface area contributed by atoms with E-state index < -0.39 is 15.9 Å². The quantitative estimate of drug-likeness (QED) is 0.918. The summed E-state index contributed by atoms with van der Waals surface area (Å²) in [6.45, 7) is 0. The summed E-state index contributed by atoms with van der Waals surface area (Å²) in [7, 11) is -3.26. The van der Waals surface area contributed by atoms with E-state index in [-0.39, 0.29) is 4.90 Å². The summed E-state index contributed by atoms with van der Waals surface area (Å²) in [6, 6.07) is 9.83. The summed E-state index contributed by atoms with van der Waals surface area (Å²) < 4.78 is 28.0.